The molecule has 0 spiro atoms. The summed E-state index contributed by atoms with van der Waals surface area (Å²) in [4.78, 5) is 0. The number of nitrogens with zero attached hydrogens (tertiary/aromatic N) is 1. The zero-order chi connectivity index (χ0) is 11.5. The molecule has 0 N–H and O–H groups in total. The Bertz CT molecular complexity index is 190. The molecule has 0 aliphatic heterocycles. The summed E-state index contributed by atoms with van der Waals surface area (Å²) in [6.45, 7) is 10.5. The quantitative estimate of drug-likeness (QED) is 0.705. The summed E-state index contributed by atoms with van der Waals surface area (Å²) in [5, 5.41) is 0. The van der Waals surface area contributed by atoms with Crippen molar-refractivity contribution in [1.29, 1.82) is 0 Å². The molecular weight excluding hydrogens is 206 g/mol. The monoisotopic (exact) mass is 231 g/mol. The van der Waals surface area contributed by atoms with Crippen LogP contribution in [-0.4, -0.2) is 29.6 Å². The first-order chi connectivity index (χ1) is 6.95. The predicted molar refractivity (Wildman–Crippen MR) is 68.2 cm³/mol. The van der Waals surface area contributed by atoms with Crippen molar-refractivity contribution in [1.82, 2.24) is 4.31 Å². The van der Waals surface area contributed by atoms with Crippen LogP contribution in [0.3, 0.4) is 0 Å². The molecular formula is C12H25NOS. The normalized spacial score (nSPS) is 20.0. The van der Waals surface area contributed by atoms with Crippen LogP contribution in [-0.2, 0) is 4.74 Å². The fourth-order valence-corrected chi connectivity index (χ4v) is 2.19. The van der Waals surface area contributed by atoms with Gasteiger partial charge in [-0.05, 0) is 40.5 Å². The summed E-state index contributed by atoms with van der Waals surface area (Å²) < 4.78 is 7.91. The molecule has 1 aliphatic carbocycles. The summed E-state index contributed by atoms with van der Waals surface area (Å²) in [7, 11) is 0. The molecule has 1 fully saturated rings. The first-order valence-corrected chi connectivity index (χ1v) is 6.42. The van der Waals surface area contributed by atoms with E-state index in [2.05, 4.69) is 44.8 Å². The lowest BCUT2D eigenvalue weighted by Gasteiger charge is -2.44. The topological polar surface area (TPSA) is 12.5 Å². The number of ether oxygens (including phenoxy) is 1. The standard InChI is InChI=1S/C12H25NOS/c1-10(2)13(15)8-12(6-5-7-12)9-14-11(3)4/h10-11,15H,5-9H2,1-4H3. The van der Waals surface area contributed by atoms with E-state index in [1.165, 1.54) is 19.3 Å². The van der Waals surface area contributed by atoms with Crippen molar-refractivity contribution in [3.63, 3.8) is 0 Å². The van der Waals surface area contributed by atoms with E-state index in [1.54, 1.807) is 0 Å². The van der Waals surface area contributed by atoms with Gasteiger partial charge in [-0.3, -0.25) is 4.31 Å². The van der Waals surface area contributed by atoms with Crippen LogP contribution in [0.5, 0.6) is 0 Å². The molecule has 0 saturated heterocycles. The highest BCUT2D eigenvalue weighted by atomic mass is 32.1. The second-order valence-corrected chi connectivity index (χ2v) is 5.92. The van der Waals surface area contributed by atoms with Crippen molar-refractivity contribution in [3.8, 4) is 0 Å². The average Bonchev–Trinajstić information content (AvgIpc) is 2.08. The van der Waals surface area contributed by atoms with Gasteiger partial charge in [0, 0.05) is 18.0 Å². The number of rotatable bonds is 6. The molecule has 0 bridgehead atoms. The van der Waals surface area contributed by atoms with Crippen molar-refractivity contribution >= 4 is 12.8 Å². The number of hydrogen-bond donors (Lipinski definition) is 1. The smallest absolute Gasteiger partial charge is 0.0538 e. The van der Waals surface area contributed by atoms with Crippen molar-refractivity contribution in [2.45, 2.75) is 59.1 Å². The van der Waals surface area contributed by atoms with Gasteiger partial charge < -0.3 is 4.74 Å². The van der Waals surface area contributed by atoms with Gasteiger partial charge in [0.1, 0.15) is 0 Å². The fourth-order valence-electron chi connectivity index (χ4n) is 1.89. The van der Waals surface area contributed by atoms with E-state index in [-0.39, 0.29) is 0 Å². The van der Waals surface area contributed by atoms with Gasteiger partial charge in [0.05, 0.1) is 12.7 Å². The van der Waals surface area contributed by atoms with Crippen LogP contribution in [0.4, 0.5) is 0 Å². The third-order valence-electron chi connectivity index (χ3n) is 3.23. The number of hydrogen-bond acceptors (Lipinski definition) is 3. The third-order valence-corrected chi connectivity index (χ3v) is 3.83. The van der Waals surface area contributed by atoms with E-state index in [9.17, 15) is 0 Å². The zero-order valence-electron chi connectivity index (χ0n) is 10.5. The molecule has 0 radical (unpaired) electrons. The highest BCUT2D eigenvalue weighted by molar-refractivity contribution is 7.77. The molecule has 90 valence electrons. The fraction of sp³-hybridized carbons (Fsp3) is 1.00. The van der Waals surface area contributed by atoms with Crippen LogP contribution in [0.25, 0.3) is 0 Å². The van der Waals surface area contributed by atoms with Crippen molar-refractivity contribution < 1.29 is 4.74 Å². The summed E-state index contributed by atoms with van der Waals surface area (Å²) >= 11 is 4.53. The Morgan fingerprint density at radius 2 is 1.87 bits per heavy atom. The zero-order valence-corrected chi connectivity index (χ0v) is 11.4. The lowest BCUT2D eigenvalue weighted by molar-refractivity contribution is -0.0414. The second kappa shape index (κ2) is 5.55. The molecule has 1 rings (SSSR count). The van der Waals surface area contributed by atoms with Crippen LogP contribution in [0.2, 0.25) is 0 Å². The van der Waals surface area contributed by atoms with Gasteiger partial charge >= 0.3 is 0 Å². The third kappa shape index (κ3) is 3.97. The summed E-state index contributed by atoms with van der Waals surface area (Å²) in [5.41, 5.74) is 0.385. The van der Waals surface area contributed by atoms with Gasteiger partial charge in [-0.2, -0.15) is 0 Å². The van der Waals surface area contributed by atoms with Crippen molar-refractivity contribution in [2.24, 2.45) is 5.41 Å². The minimum atomic E-state index is 0.342. The summed E-state index contributed by atoms with van der Waals surface area (Å²) in [5.74, 6) is 0. The SMILES string of the molecule is CC(C)OCC1(CN(S)C(C)C)CCC1. The molecule has 0 atom stereocenters. The van der Waals surface area contributed by atoms with Crippen molar-refractivity contribution in [3.05, 3.63) is 0 Å². The van der Waals surface area contributed by atoms with Crippen LogP contribution in [0, 0.1) is 5.41 Å². The minimum Gasteiger partial charge on any atom is -0.378 e. The van der Waals surface area contributed by atoms with E-state index in [1.807, 2.05) is 0 Å². The summed E-state index contributed by atoms with van der Waals surface area (Å²) in [6, 6.07) is 0.504. The van der Waals surface area contributed by atoms with E-state index < -0.39 is 0 Å². The molecule has 0 heterocycles. The lowest BCUT2D eigenvalue weighted by Crippen LogP contribution is -2.44. The maximum Gasteiger partial charge on any atom is 0.0538 e. The van der Waals surface area contributed by atoms with E-state index in [0.29, 0.717) is 17.6 Å². The molecule has 0 amide bonds. The Hall–Kier alpha value is 0.270. The molecule has 15 heavy (non-hydrogen) atoms. The highest BCUT2D eigenvalue weighted by Gasteiger charge is 2.38. The van der Waals surface area contributed by atoms with E-state index in [4.69, 9.17) is 4.74 Å². The molecule has 0 aromatic carbocycles. The van der Waals surface area contributed by atoms with Gasteiger partial charge in [-0.1, -0.05) is 19.2 Å². The first kappa shape index (κ1) is 13.3. The van der Waals surface area contributed by atoms with Gasteiger partial charge in [-0.15, -0.1) is 0 Å². The average molecular weight is 231 g/mol. The van der Waals surface area contributed by atoms with Gasteiger partial charge in [0.25, 0.3) is 0 Å². The van der Waals surface area contributed by atoms with Gasteiger partial charge in [0.2, 0.25) is 0 Å². The predicted octanol–water partition coefficient (Wildman–Crippen LogP) is 3.14. The number of thiol groups is 1. The van der Waals surface area contributed by atoms with Gasteiger partial charge in [0.15, 0.2) is 0 Å². The molecule has 0 unspecified atom stereocenters. The van der Waals surface area contributed by atoms with Crippen LogP contribution < -0.4 is 0 Å². The lowest BCUT2D eigenvalue weighted by atomic mass is 9.69. The second-order valence-electron chi connectivity index (χ2n) is 5.40. The molecule has 2 nitrogen and oxygen atoms in total. The Kier molecular flexibility index (Phi) is 4.94. The Morgan fingerprint density at radius 1 is 1.27 bits per heavy atom. The van der Waals surface area contributed by atoms with Crippen LogP contribution >= 0.6 is 12.8 Å². The largest absolute Gasteiger partial charge is 0.378 e. The molecule has 0 aromatic heterocycles. The Morgan fingerprint density at radius 3 is 2.20 bits per heavy atom. The van der Waals surface area contributed by atoms with E-state index in [0.717, 1.165) is 13.2 Å². The Labute approximate surface area is 99.9 Å². The maximum atomic E-state index is 5.77. The minimum absolute atomic E-state index is 0.342. The highest BCUT2D eigenvalue weighted by Crippen LogP contribution is 2.42. The van der Waals surface area contributed by atoms with Crippen LogP contribution in [0.1, 0.15) is 47.0 Å². The molecule has 3 heteroatoms. The van der Waals surface area contributed by atoms with Gasteiger partial charge in [-0.25, -0.2) is 0 Å². The first-order valence-electron chi connectivity index (χ1n) is 6.02. The molecule has 0 aromatic rings. The summed E-state index contributed by atoms with van der Waals surface area (Å²) in [6.07, 6.45) is 4.28. The van der Waals surface area contributed by atoms with Crippen molar-refractivity contribution in [2.75, 3.05) is 13.2 Å². The Balaban J connectivity index is 2.39. The van der Waals surface area contributed by atoms with Crippen LogP contribution in [0.15, 0.2) is 0 Å². The van der Waals surface area contributed by atoms with E-state index >= 15 is 0 Å². The molecule has 1 saturated carbocycles. The molecule has 1 aliphatic rings. The maximum absolute atomic E-state index is 5.77.